The fourth-order valence-corrected chi connectivity index (χ4v) is 3.79. The topological polar surface area (TPSA) is 28.2 Å². The number of hydrogen-bond donors (Lipinski definition) is 1. The first-order chi connectivity index (χ1) is 9.69. The van der Waals surface area contributed by atoms with Gasteiger partial charge in [-0.1, -0.05) is 24.3 Å². The number of nitrogens with zero attached hydrogens (tertiary/aromatic N) is 2. The predicted octanol–water partition coefficient (Wildman–Crippen LogP) is 2.91. The summed E-state index contributed by atoms with van der Waals surface area (Å²) in [6, 6.07) is 9.26. The maximum atomic E-state index is 4.76. The second-order valence-electron chi connectivity index (χ2n) is 5.45. The second kappa shape index (κ2) is 5.54. The lowest BCUT2D eigenvalue weighted by molar-refractivity contribution is 0.527. The molecule has 4 heteroatoms. The Bertz CT molecular complexity index is 586. The lowest BCUT2D eigenvalue weighted by Crippen LogP contribution is -2.45. The van der Waals surface area contributed by atoms with Gasteiger partial charge in [-0.2, -0.15) is 0 Å². The molecule has 0 saturated carbocycles. The summed E-state index contributed by atoms with van der Waals surface area (Å²) in [6.45, 7) is 6.21. The quantitative estimate of drug-likeness (QED) is 0.941. The molecular formula is C16H21N3S. The van der Waals surface area contributed by atoms with Crippen molar-refractivity contribution in [3.63, 3.8) is 0 Å². The molecule has 3 rings (SSSR count). The minimum Gasteiger partial charge on any atom is -0.339 e. The number of aromatic nitrogens is 1. The van der Waals surface area contributed by atoms with Gasteiger partial charge in [0.25, 0.3) is 0 Å². The first kappa shape index (κ1) is 13.6. The minimum atomic E-state index is 0.486. The highest BCUT2D eigenvalue weighted by Gasteiger charge is 2.27. The molecule has 0 saturated heterocycles. The van der Waals surface area contributed by atoms with Gasteiger partial charge in [0.05, 0.1) is 5.69 Å². The van der Waals surface area contributed by atoms with Gasteiger partial charge >= 0.3 is 0 Å². The summed E-state index contributed by atoms with van der Waals surface area (Å²) in [5.74, 6) is 0. The zero-order chi connectivity index (χ0) is 14.1. The Morgan fingerprint density at radius 2 is 2.05 bits per heavy atom. The van der Waals surface area contributed by atoms with Gasteiger partial charge in [0.2, 0.25) is 0 Å². The summed E-state index contributed by atoms with van der Waals surface area (Å²) >= 11 is 1.81. The number of thiazole rings is 1. The normalized spacial score (nSPS) is 18.1. The van der Waals surface area contributed by atoms with E-state index >= 15 is 0 Å². The van der Waals surface area contributed by atoms with Crippen molar-refractivity contribution < 1.29 is 0 Å². The molecule has 1 aliphatic heterocycles. The molecule has 0 spiro atoms. The number of anilines is 1. The molecule has 1 N–H and O–H groups in total. The number of rotatable bonds is 3. The van der Waals surface area contributed by atoms with Crippen LogP contribution in [0, 0.1) is 13.8 Å². The fourth-order valence-electron chi connectivity index (χ4n) is 2.81. The van der Waals surface area contributed by atoms with Crippen molar-refractivity contribution >= 4 is 16.5 Å². The molecule has 0 aliphatic carbocycles. The Hall–Kier alpha value is -1.39. The molecule has 1 aliphatic rings. The smallest absolute Gasteiger partial charge is 0.186 e. The minimum absolute atomic E-state index is 0.486. The van der Waals surface area contributed by atoms with Crippen molar-refractivity contribution in [2.75, 3.05) is 18.5 Å². The van der Waals surface area contributed by atoms with Gasteiger partial charge in [0.15, 0.2) is 5.13 Å². The molecule has 106 valence electrons. The Kier molecular flexibility index (Phi) is 3.76. The molecule has 0 radical (unpaired) electrons. The van der Waals surface area contributed by atoms with Crippen molar-refractivity contribution in [1.29, 1.82) is 0 Å². The number of benzene rings is 1. The molecule has 1 atom stereocenters. The Morgan fingerprint density at radius 1 is 1.30 bits per heavy atom. The van der Waals surface area contributed by atoms with Gasteiger partial charge in [-0.05, 0) is 38.4 Å². The highest BCUT2D eigenvalue weighted by molar-refractivity contribution is 7.15. The maximum Gasteiger partial charge on any atom is 0.186 e. The molecule has 2 heterocycles. The van der Waals surface area contributed by atoms with E-state index < -0.39 is 0 Å². The van der Waals surface area contributed by atoms with Crippen LogP contribution in [0.25, 0.3) is 0 Å². The van der Waals surface area contributed by atoms with E-state index in [4.69, 9.17) is 4.98 Å². The average Bonchev–Trinajstić information content (AvgIpc) is 2.78. The van der Waals surface area contributed by atoms with E-state index in [9.17, 15) is 0 Å². The Morgan fingerprint density at radius 3 is 2.70 bits per heavy atom. The van der Waals surface area contributed by atoms with Crippen LogP contribution < -0.4 is 10.2 Å². The molecular weight excluding hydrogens is 266 g/mol. The SMILES string of the molecule is CNCC1Cc2ccccc2CN1c1nc(C)c(C)s1. The average molecular weight is 287 g/mol. The van der Waals surface area contributed by atoms with Gasteiger partial charge in [-0.15, -0.1) is 11.3 Å². The summed E-state index contributed by atoms with van der Waals surface area (Å²) in [5, 5.41) is 4.49. The first-order valence-electron chi connectivity index (χ1n) is 7.11. The van der Waals surface area contributed by atoms with Gasteiger partial charge in [-0.25, -0.2) is 4.98 Å². The standard InChI is InChI=1S/C16H21N3S/c1-11-12(2)20-16(18-11)19-10-14-7-5-4-6-13(14)8-15(19)9-17-3/h4-7,15,17H,8-10H2,1-3H3. The molecule has 0 amide bonds. The van der Waals surface area contributed by atoms with Crippen LogP contribution in [-0.4, -0.2) is 24.6 Å². The van der Waals surface area contributed by atoms with Gasteiger partial charge in [0.1, 0.15) is 0 Å². The van der Waals surface area contributed by atoms with Crippen LogP contribution in [0.4, 0.5) is 5.13 Å². The van der Waals surface area contributed by atoms with Crippen LogP contribution >= 0.6 is 11.3 Å². The van der Waals surface area contributed by atoms with E-state index in [1.807, 2.05) is 18.4 Å². The molecule has 1 unspecified atom stereocenters. The van der Waals surface area contributed by atoms with Crippen LogP contribution in [0.3, 0.4) is 0 Å². The van der Waals surface area contributed by atoms with Gasteiger partial charge < -0.3 is 10.2 Å². The number of aryl methyl sites for hydroxylation is 2. The number of nitrogens with one attached hydrogen (secondary N) is 1. The Balaban J connectivity index is 1.95. The summed E-state index contributed by atoms with van der Waals surface area (Å²) in [5.41, 5.74) is 4.08. The highest BCUT2D eigenvalue weighted by Crippen LogP contribution is 2.32. The summed E-state index contributed by atoms with van der Waals surface area (Å²) < 4.78 is 0. The lowest BCUT2D eigenvalue weighted by Gasteiger charge is -2.36. The summed E-state index contributed by atoms with van der Waals surface area (Å²) in [6.07, 6.45) is 1.09. The largest absolute Gasteiger partial charge is 0.339 e. The van der Waals surface area contributed by atoms with Crippen molar-refractivity contribution in [1.82, 2.24) is 10.3 Å². The molecule has 20 heavy (non-hydrogen) atoms. The van der Waals surface area contributed by atoms with Crippen LogP contribution in [0.5, 0.6) is 0 Å². The molecule has 1 aromatic heterocycles. The maximum absolute atomic E-state index is 4.76. The molecule has 0 bridgehead atoms. The van der Waals surface area contributed by atoms with Crippen molar-refractivity contribution in [3.8, 4) is 0 Å². The zero-order valence-corrected chi connectivity index (χ0v) is 13.1. The van der Waals surface area contributed by atoms with E-state index in [0.717, 1.165) is 30.3 Å². The third-order valence-corrected chi connectivity index (χ3v) is 5.17. The number of hydrogen-bond acceptors (Lipinski definition) is 4. The van der Waals surface area contributed by atoms with E-state index in [2.05, 4.69) is 48.3 Å². The predicted molar refractivity (Wildman–Crippen MR) is 85.6 cm³/mol. The van der Waals surface area contributed by atoms with Crippen molar-refractivity contribution in [2.45, 2.75) is 32.9 Å². The number of fused-ring (bicyclic) bond motifs is 1. The van der Waals surface area contributed by atoms with Gasteiger partial charge in [-0.3, -0.25) is 0 Å². The van der Waals surface area contributed by atoms with Crippen molar-refractivity contribution in [3.05, 3.63) is 46.0 Å². The monoisotopic (exact) mass is 287 g/mol. The second-order valence-corrected chi connectivity index (χ2v) is 6.63. The van der Waals surface area contributed by atoms with E-state index in [-0.39, 0.29) is 0 Å². The number of likely N-dealkylation sites (N-methyl/N-ethyl adjacent to an activating group) is 1. The summed E-state index contributed by atoms with van der Waals surface area (Å²) in [7, 11) is 2.02. The Labute approximate surface area is 124 Å². The van der Waals surface area contributed by atoms with E-state index in [1.54, 1.807) is 0 Å². The van der Waals surface area contributed by atoms with Crippen LogP contribution in [0.15, 0.2) is 24.3 Å². The van der Waals surface area contributed by atoms with Crippen LogP contribution in [0.1, 0.15) is 21.7 Å². The highest BCUT2D eigenvalue weighted by atomic mass is 32.1. The molecule has 1 aromatic carbocycles. The van der Waals surface area contributed by atoms with E-state index in [1.165, 1.54) is 16.0 Å². The lowest BCUT2D eigenvalue weighted by atomic mass is 9.94. The molecule has 3 nitrogen and oxygen atoms in total. The van der Waals surface area contributed by atoms with Crippen molar-refractivity contribution in [2.24, 2.45) is 0 Å². The van der Waals surface area contributed by atoms with Crippen LogP contribution in [-0.2, 0) is 13.0 Å². The molecule has 2 aromatic rings. The first-order valence-corrected chi connectivity index (χ1v) is 7.92. The summed E-state index contributed by atoms with van der Waals surface area (Å²) in [4.78, 5) is 8.54. The third kappa shape index (κ3) is 2.45. The third-order valence-electron chi connectivity index (χ3n) is 4.06. The zero-order valence-electron chi connectivity index (χ0n) is 12.3. The van der Waals surface area contributed by atoms with E-state index in [0.29, 0.717) is 6.04 Å². The van der Waals surface area contributed by atoms with Gasteiger partial charge in [0, 0.05) is 24.0 Å². The van der Waals surface area contributed by atoms with Crippen LogP contribution in [0.2, 0.25) is 0 Å². The molecule has 0 fully saturated rings. The fraction of sp³-hybridized carbons (Fsp3) is 0.438.